The summed E-state index contributed by atoms with van der Waals surface area (Å²) < 4.78 is 0. The number of hydrogen-bond acceptors (Lipinski definition) is 3. The van der Waals surface area contributed by atoms with Gasteiger partial charge < -0.3 is 10.4 Å². The molecule has 0 amide bonds. The second-order valence-corrected chi connectivity index (χ2v) is 5.24. The van der Waals surface area contributed by atoms with Crippen LogP contribution in [-0.2, 0) is 6.54 Å². The minimum Gasteiger partial charge on any atom is -0.396 e. The number of aliphatic hydroxyl groups is 1. The summed E-state index contributed by atoms with van der Waals surface area (Å²) in [6, 6.07) is 6.09. The van der Waals surface area contributed by atoms with E-state index in [-0.39, 0.29) is 5.41 Å². The van der Waals surface area contributed by atoms with E-state index in [9.17, 15) is 5.11 Å². The van der Waals surface area contributed by atoms with Crippen LogP contribution in [0.5, 0.6) is 0 Å². The number of rotatable bonds is 5. The normalized spacial score (nSPS) is 18.5. The van der Waals surface area contributed by atoms with Gasteiger partial charge in [-0.05, 0) is 31.9 Å². The average molecular weight is 234 g/mol. The second-order valence-electron chi connectivity index (χ2n) is 5.24. The van der Waals surface area contributed by atoms with E-state index in [1.807, 2.05) is 25.1 Å². The summed E-state index contributed by atoms with van der Waals surface area (Å²) in [5.74, 6) is 0. The number of aromatic nitrogens is 1. The fraction of sp³-hybridized carbons (Fsp3) is 0.643. The van der Waals surface area contributed by atoms with Crippen molar-refractivity contribution in [2.45, 2.75) is 39.2 Å². The summed E-state index contributed by atoms with van der Waals surface area (Å²) in [7, 11) is 0. The lowest BCUT2D eigenvalue weighted by molar-refractivity contribution is 0.128. The van der Waals surface area contributed by atoms with E-state index in [2.05, 4.69) is 10.3 Å². The highest BCUT2D eigenvalue weighted by Crippen LogP contribution is 2.36. The number of hydrogen-bond donors (Lipinski definition) is 2. The van der Waals surface area contributed by atoms with Crippen molar-refractivity contribution in [3.63, 3.8) is 0 Å². The van der Waals surface area contributed by atoms with Gasteiger partial charge >= 0.3 is 0 Å². The molecule has 3 nitrogen and oxygen atoms in total. The van der Waals surface area contributed by atoms with Gasteiger partial charge in [0.25, 0.3) is 0 Å². The van der Waals surface area contributed by atoms with Crippen molar-refractivity contribution in [1.82, 2.24) is 10.3 Å². The molecule has 0 aromatic carbocycles. The lowest BCUT2D eigenvalue weighted by atomic mass is 9.87. The molecule has 1 fully saturated rings. The standard InChI is InChI=1S/C14H22N2O/c1-12-5-4-6-13(16-12)9-15-10-14(11-17)7-2-3-8-14/h4-6,15,17H,2-3,7-11H2,1H3. The van der Waals surface area contributed by atoms with Crippen LogP contribution in [0.15, 0.2) is 18.2 Å². The third-order valence-corrected chi connectivity index (χ3v) is 3.75. The van der Waals surface area contributed by atoms with Crippen LogP contribution < -0.4 is 5.32 Å². The maximum Gasteiger partial charge on any atom is 0.0544 e. The van der Waals surface area contributed by atoms with E-state index in [4.69, 9.17) is 0 Å². The Labute approximate surface area is 103 Å². The van der Waals surface area contributed by atoms with Gasteiger partial charge in [0.1, 0.15) is 0 Å². The maximum atomic E-state index is 9.50. The van der Waals surface area contributed by atoms with E-state index < -0.39 is 0 Å². The van der Waals surface area contributed by atoms with Gasteiger partial charge in [0.15, 0.2) is 0 Å². The second kappa shape index (κ2) is 5.61. The van der Waals surface area contributed by atoms with Crippen LogP contribution in [0.4, 0.5) is 0 Å². The van der Waals surface area contributed by atoms with Gasteiger partial charge in [-0.1, -0.05) is 18.9 Å². The summed E-state index contributed by atoms with van der Waals surface area (Å²) in [6.45, 7) is 4.01. The molecule has 17 heavy (non-hydrogen) atoms. The number of aryl methyl sites for hydroxylation is 1. The fourth-order valence-corrected chi connectivity index (χ4v) is 2.67. The third kappa shape index (κ3) is 3.27. The van der Waals surface area contributed by atoms with Crippen LogP contribution in [-0.4, -0.2) is 23.2 Å². The summed E-state index contributed by atoms with van der Waals surface area (Å²) in [5, 5.41) is 12.9. The van der Waals surface area contributed by atoms with Crippen molar-refractivity contribution in [3.8, 4) is 0 Å². The molecular formula is C14H22N2O. The van der Waals surface area contributed by atoms with Gasteiger partial charge in [-0.25, -0.2) is 0 Å². The molecule has 2 rings (SSSR count). The molecular weight excluding hydrogens is 212 g/mol. The molecule has 0 radical (unpaired) electrons. The average Bonchev–Trinajstić information content (AvgIpc) is 2.79. The number of nitrogens with zero attached hydrogens (tertiary/aromatic N) is 1. The molecule has 0 atom stereocenters. The van der Waals surface area contributed by atoms with Crippen molar-refractivity contribution < 1.29 is 5.11 Å². The highest BCUT2D eigenvalue weighted by molar-refractivity contribution is 5.09. The fourth-order valence-electron chi connectivity index (χ4n) is 2.67. The Kier molecular flexibility index (Phi) is 4.13. The summed E-state index contributed by atoms with van der Waals surface area (Å²) in [5.41, 5.74) is 2.27. The van der Waals surface area contributed by atoms with E-state index in [1.165, 1.54) is 12.8 Å². The van der Waals surface area contributed by atoms with Crippen molar-refractivity contribution in [2.75, 3.05) is 13.2 Å². The van der Waals surface area contributed by atoms with Crippen molar-refractivity contribution in [3.05, 3.63) is 29.6 Å². The van der Waals surface area contributed by atoms with Gasteiger partial charge in [0.2, 0.25) is 0 Å². The van der Waals surface area contributed by atoms with Crippen LogP contribution in [0.25, 0.3) is 0 Å². The van der Waals surface area contributed by atoms with Gasteiger partial charge in [-0.15, -0.1) is 0 Å². The molecule has 1 aromatic rings. The first-order valence-corrected chi connectivity index (χ1v) is 6.48. The first-order valence-electron chi connectivity index (χ1n) is 6.48. The molecule has 1 heterocycles. The molecule has 0 saturated heterocycles. The largest absolute Gasteiger partial charge is 0.396 e. The van der Waals surface area contributed by atoms with Crippen molar-refractivity contribution in [1.29, 1.82) is 0 Å². The first kappa shape index (κ1) is 12.5. The van der Waals surface area contributed by atoms with Crippen LogP contribution in [0.2, 0.25) is 0 Å². The van der Waals surface area contributed by atoms with Gasteiger partial charge in [-0.3, -0.25) is 4.98 Å². The molecule has 1 saturated carbocycles. The predicted molar refractivity (Wildman–Crippen MR) is 68.7 cm³/mol. The van der Waals surface area contributed by atoms with E-state index >= 15 is 0 Å². The lowest BCUT2D eigenvalue weighted by Gasteiger charge is -2.26. The summed E-state index contributed by atoms with van der Waals surface area (Å²) >= 11 is 0. The Morgan fingerprint density at radius 3 is 2.76 bits per heavy atom. The van der Waals surface area contributed by atoms with E-state index in [0.29, 0.717) is 6.61 Å². The van der Waals surface area contributed by atoms with Crippen LogP contribution in [0.1, 0.15) is 37.1 Å². The Morgan fingerprint density at radius 2 is 2.12 bits per heavy atom. The minimum absolute atomic E-state index is 0.129. The van der Waals surface area contributed by atoms with Crippen LogP contribution in [0.3, 0.4) is 0 Å². The van der Waals surface area contributed by atoms with E-state index in [1.54, 1.807) is 0 Å². The summed E-state index contributed by atoms with van der Waals surface area (Å²) in [6.07, 6.45) is 4.81. The zero-order chi connectivity index (χ0) is 12.1. The SMILES string of the molecule is Cc1cccc(CNCC2(CO)CCCC2)n1. The highest BCUT2D eigenvalue weighted by atomic mass is 16.3. The molecule has 1 aliphatic rings. The molecule has 0 spiro atoms. The molecule has 0 bridgehead atoms. The number of nitrogens with one attached hydrogen (secondary N) is 1. The predicted octanol–water partition coefficient (Wildman–Crippen LogP) is 2.03. The topological polar surface area (TPSA) is 45.1 Å². The Bertz CT molecular complexity index is 359. The molecule has 1 aromatic heterocycles. The Morgan fingerprint density at radius 1 is 1.35 bits per heavy atom. The van der Waals surface area contributed by atoms with Gasteiger partial charge in [-0.2, -0.15) is 0 Å². The van der Waals surface area contributed by atoms with Crippen molar-refractivity contribution >= 4 is 0 Å². The zero-order valence-electron chi connectivity index (χ0n) is 10.6. The quantitative estimate of drug-likeness (QED) is 0.819. The van der Waals surface area contributed by atoms with E-state index in [0.717, 1.165) is 37.3 Å². The molecule has 3 heteroatoms. The smallest absolute Gasteiger partial charge is 0.0544 e. The summed E-state index contributed by atoms with van der Waals surface area (Å²) in [4.78, 5) is 4.46. The zero-order valence-corrected chi connectivity index (χ0v) is 10.6. The van der Waals surface area contributed by atoms with Crippen LogP contribution >= 0.6 is 0 Å². The molecule has 2 N–H and O–H groups in total. The van der Waals surface area contributed by atoms with Crippen molar-refractivity contribution in [2.24, 2.45) is 5.41 Å². The highest BCUT2D eigenvalue weighted by Gasteiger charge is 2.32. The Balaban J connectivity index is 1.82. The molecule has 0 unspecified atom stereocenters. The monoisotopic (exact) mass is 234 g/mol. The molecule has 94 valence electrons. The number of aliphatic hydroxyl groups excluding tert-OH is 1. The first-order chi connectivity index (χ1) is 8.24. The van der Waals surface area contributed by atoms with Gasteiger partial charge in [0, 0.05) is 30.8 Å². The Hall–Kier alpha value is -0.930. The third-order valence-electron chi connectivity index (χ3n) is 3.75. The van der Waals surface area contributed by atoms with Gasteiger partial charge in [0.05, 0.1) is 5.69 Å². The number of pyridine rings is 1. The lowest BCUT2D eigenvalue weighted by Crippen LogP contribution is -2.35. The molecule has 0 aliphatic heterocycles. The maximum absolute atomic E-state index is 9.50. The van der Waals surface area contributed by atoms with Crippen LogP contribution in [0, 0.1) is 12.3 Å². The minimum atomic E-state index is 0.129. The molecule has 1 aliphatic carbocycles.